The topological polar surface area (TPSA) is 74.7 Å². The quantitative estimate of drug-likeness (QED) is 0.357. The largest absolute Gasteiger partial charge is 0.488 e. The Hall–Kier alpha value is -3.71. The molecule has 0 saturated heterocycles. The second-order valence-electron chi connectivity index (χ2n) is 7.49. The minimum absolute atomic E-state index is 0.0795. The normalized spacial score (nSPS) is 11.0. The van der Waals surface area contributed by atoms with Crippen molar-refractivity contribution >= 4 is 16.9 Å². The Morgan fingerprint density at radius 3 is 2.70 bits per heavy atom. The molecule has 5 nitrogen and oxygen atoms in total. The number of halogens is 2. The summed E-state index contributed by atoms with van der Waals surface area (Å²) in [5.74, 6) is -1.31. The van der Waals surface area contributed by atoms with Crippen LogP contribution >= 0.6 is 0 Å². The average molecular weight is 451 g/mol. The zero-order chi connectivity index (χ0) is 23.4. The maximum absolute atomic E-state index is 15.2. The molecule has 2 N–H and O–H groups in total. The molecule has 0 radical (unpaired) electrons. The highest BCUT2D eigenvalue weighted by Gasteiger charge is 2.18. The Morgan fingerprint density at radius 2 is 1.91 bits per heavy atom. The van der Waals surface area contributed by atoms with Gasteiger partial charge in [-0.15, -0.1) is 0 Å². The second-order valence-corrected chi connectivity index (χ2v) is 7.49. The third-order valence-electron chi connectivity index (χ3n) is 5.27. The van der Waals surface area contributed by atoms with E-state index in [1.807, 2.05) is 24.3 Å². The Labute approximate surface area is 189 Å². The zero-order valence-corrected chi connectivity index (χ0v) is 18.1. The summed E-state index contributed by atoms with van der Waals surface area (Å²) in [5.41, 5.74) is 9.35. The van der Waals surface area contributed by atoms with Crippen LogP contribution in [0.5, 0.6) is 5.75 Å². The van der Waals surface area contributed by atoms with Crippen molar-refractivity contribution in [2.24, 2.45) is 5.73 Å². The summed E-state index contributed by atoms with van der Waals surface area (Å²) in [5, 5.41) is 0.315. The average Bonchev–Trinajstić information content (AvgIpc) is 3.31. The monoisotopic (exact) mass is 451 g/mol. The maximum atomic E-state index is 15.2. The van der Waals surface area contributed by atoms with Crippen LogP contribution in [0.25, 0.3) is 22.1 Å². The standard InChI is InChI=1S/C26H23F2NO4/c1-2-31-24(30)12-18-6-7-20(27)13-23(18)33-15-19-11-22(17-5-3-4-16(10-17)14-29)26-21(25(19)28)8-9-32-26/h3-11,13H,2,12,14-15,29H2,1H3. The van der Waals surface area contributed by atoms with Gasteiger partial charge in [0.1, 0.15) is 29.6 Å². The molecule has 0 bridgehead atoms. The van der Waals surface area contributed by atoms with Crippen molar-refractivity contribution in [2.75, 3.05) is 6.61 Å². The van der Waals surface area contributed by atoms with Gasteiger partial charge in [0.05, 0.1) is 24.7 Å². The molecule has 0 amide bonds. The highest BCUT2D eigenvalue weighted by molar-refractivity contribution is 5.93. The highest BCUT2D eigenvalue weighted by Crippen LogP contribution is 2.34. The van der Waals surface area contributed by atoms with Crippen LogP contribution in [0.15, 0.2) is 65.3 Å². The van der Waals surface area contributed by atoms with E-state index < -0.39 is 17.6 Å². The second kappa shape index (κ2) is 9.83. The molecule has 0 aliphatic carbocycles. The predicted octanol–water partition coefficient (Wildman–Crippen LogP) is 5.52. The van der Waals surface area contributed by atoms with Gasteiger partial charge in [-0.2, -0.15) is 0 Å². The van der Waals surface area contributed by atoms with Crippen LogP contribution in [0.2, 0.25) is 0 Å². The number of carbonyl (C=O) groups excluding carboxylic acids is 1. The molecule has 170 valence electrons. The number of carbonyl (C=O) groups is 1. The number of nitrogens with two attached hydrogens (primary N) is 1. The van der Waals surface area contributed by atoms with Crippen LogP contribution in [0.3, 0.4) is 0 Å². The first-order chi connectivity index (χ1) is 16.0. The van der Waals surface area contributed by atoms with Gasteiger partial charge in [-0.3, -0.25) is 4.79 Å². The van der Waals surface area contributed by atoms with Gasteiger partial charge in [-0.05, 0) is 42.3 Å². The van der Waals surface area contributed by atoms with Gasteiger partial charge in [0.2, 0.25) is 0 Å². The molecule has 4 aromatic rings. The molecule has 0 atom stereocenters. The summed E-state index contributed by atoms with van der Waals surface area (Å²) >= 11 is 0. The molecular weight excluding hydrogens is 428 g/mol. The Kier molecular flexibility index (Phi) is 6.70. The number of rotatable bonds is 8. The molecule has 0 spiro atoms. The van der Waals surface area contributed by atoms with Crippen LogP contribution in [-0.2, 0) is 29.1 Å². The van der Waals surface area contributed by atoms with Crippen LogP contribution in [0, 0.1) is 11.6 Å². The lowest BCUT2D eigenvalue weighted by Gasteiger charge is -2.14. The van der Waals surface area contributed by atoms with Crippen molar-refractivity contribution in [3.63, 3.8) is 0 Å². The Balaban J connectivity index is 1.68. The first kappa shape index (κ1) is 22.5. The molecule has 1 heterocycles. The molecule has 33 heavy (non-hydrogen) atoms. The summed E-state index contributed by atoms with van der Waals surface area (Å²) < 4.78 is 45.4. The van der Waals surface area contributed by atoms with Crippen LogP contribution in [0.1, 0.15) is 23.6 Å². The number of hydrogen-bond acceptors (Lipinski definition) is 5. The summed E-state index contributed by atoms with van der Waals surface area (Å²) in [6.45, 7) is 2.14. The van der Waals surface area contributed by atoms with E-state index in [-0.39, 0.29) is 30.9 Å². The summed E-state index contributed by atoms with van der Waals surface area (Å²) in [7, 11) is 0. The molecule has 1 aromatic heterocycles. The first-order valence-electron chi connectivity index (χ1n) is 10.5. The Morgan fingerprint density at radius 1 is 1.06 bits per heavy atom. The molecule has 0 saturated carbocycles. The summed E-state index contributed by atoms with van der Waals surface area (Å²) in [4.78, 5) is 11.9. The van der Waals surface area contributed by atoms with E-state index in [4.69, 9.17) is 19.6 Å². The minimum Gasteiger partial charge on any atom is -0.488 e. The highest BCUT2D eigenvalue weighted by atomic mass is 19.1. The lowest BCUT2D eigenvalue weighted by Crippen LogP contribution is -2.09. The lowest BCUT2D eigenvalue weighted by molar-refractivity contribution is -0.142. The van der Waals surface area contributed by atoms with E-state index in [2.05, 4.69) is 0 Å². The number of fused-ring (bicyclic) bond motifs is 1. The molecular formula is C26H23F2NO4. The van der Waals surface area contributed by atoms with Crippen molar-refractivity contribution in [1.82, 2.24) is 0 Å². The number of hydrogen-bond donors (Lipinski definition) is 1. The summed E-state index contributed by atoms with van der Waals surface area (Å²) in [6, 6.07) is 14.7. The smallest absolute Gasteiger partial charge is 0.310 e. The Bertz CT molecular complexity index is 1300. The maximum Gasteiger partial charge on any atom is 0.310 e. The van der Waals surface area contributed by atoms with Gasteiger partial charge in [-0.25, -0.2) is 8.78 Å². The third-order valence-corrected chi connectivity index (χ3v) is 5.27. The number of esters is 1. The van der Waals surface area contributed by atoms with Crippen molar-refractivity contribution < 1.29 is 27.5 Å². The van der Waals surface area contributed by atoms with Crippen molar-refractivity contribution in [1.29, 1.82) is 0 Å². The summed E-state index contributed by atoms with van der Waals surface area (Å²) in [6.07, 6.45) is 1.35. The lowest BCUT2D eigenvalue weighted by atomic mass is 9.98. The van der Waals surface area contributed by atoms with Gasteiger partial charge in [-0.1, -0.05) is 24.3 Å². The number of ether oxygens (including phenoxy) is 2. The van der Waals surface area contributed by atoms with Crippen molar-refractivity contribution in [3.05, 3.63) is 89.2 Å². The molecule has 0 fully saturated rings. The van der Waals surface area contributed by atoms with E-state index in [9.17, 15) is 9.18 Å². The van der Waals surface area contributed by atoms with Gasteiger partial charge < -0.3 is 19.6 Å². The van der Waals surface area contributed by atoms with Gasteiger partial charge >= 0.3 is 5.97 Å². The van der Waals surface area contributed by atoms with E-state index in [0.717, 1.165) is 11.1 Å². The molecule has 3 aromatic carbocycles. The number of furan rings is 1. The molecule has 7 heteroatoms. The molecule has 4 rings (SSSR count). The van der Waals surface area contributed by atoms with Gasteiger partial charge in [0, 0.05) is 29.3 Å². The SMILES string of the molecule is CCOC(=O)Cc1ccc(F)cc1OCc1cc(-c2cccc(CN)c2)c2occc2c1F. The van der Waals surface area contributed by atoms with E-state index in [1.54, 1.807) is 19.1 Å². The van der Waals surface area contributed by atoms with Gasteiger partial charge in [0.25, 0.3) is 0 Å². The van der Waals surface area contributed by atoms with Gasteiger partial charge in [0.15, 0.2) is 0 Å². The first-order valence-corrected chi connectivity index (χ1v) is 10.5. The molecule has 0 aliphatic rings. The zero-order valence-electron chi connectivity index (χ0n) is 18.1. The van der Waals surface area contributed by atoms with E-state index >= 15 is 4.39 Å². The third kappa shape index (κ3) is 4.88. The van der Waals surface area contributed by atoms with Crippen LogP contribution in [-0.4, -0.2) is 12.6 Å². The minimum atomic E-state index is -0.525. The van der Waals surface area contributed by atoms with Crippen molar-refractivity contribution in [3.8, 4) is 16.9 Å². The van der Waals surface area contributed by atoms with Crippen LogP contribution < -0.4 is 10.5 Å². The fourth-order valence-corrected chi connectivity index (χ4v) is 3.68. The van der Waals surface area contributed by atoms with E-state index in [1.165, 1.54) is 24.5 Å². The van der Waals surface area contributed by atoms with Crippen molar-refractivity contribution in [2.45, 2.75) is 26.5 Å². The van der Waals surface area contributed by atoms with Crippen LogP contribution in [0.4, 0.5) is 8.78 Å². The van der Waals surface area contributed by atoms with E-state index in [0.29, 0.717) is 28.6 Å². The molecule has 0 aliphatic heterocycles. The number of benzene rings is 3. The fourth-order valence-electron chi connectivity index (χ4n) is 3.68. The predicted molar refractivity (Wildman–Crippen MR) is 121 cm³/mol. The fraction of sp³-hybridized carbons (Fsp3) is 0.192. The molecule has 0 unspecified atom stereocenters.